The third kappa shape index (κ3) is 2.07. The van der Waals surface area contributed by atoms with Crippen molar-refractivity contribution in [3.63, 3.8) is 0 Å². The summed E-state index contributed by atoms with van der Waals surface area (Å²) in [5.41, 5.74) is -1.26. The quantitative estimate of drug-likeness (QED) is 0.655. The summed E-state index contributed by atoms with van der Waals surface area (Å²) < 4.78 is 36.4. The number of nitrogens with zero attached hydrogens (tertiary/aromatic N) is 2. The molecule has 1 aromatic rings. The molecule has 0 atom stereocenters. The monoisotopic (exact) mass is 201 g/mol. The molecule has 72 valence electrons. The molecule has 0 heterocycles. The summed E-state index contributed by atoms with van der Waals surface area (Å²) in [6.07, 6.45) is -4.51. The maximum Gasteiger partial charge on any atom is 0.593 e. The second-order valence-corrected chi connectivity index (χ2v) is 2.48. The van der Waals surface area contributed by atoms with E-state index >= 15 is 0 Å². The van der Waals surface area contributed by atoms with Gasteiger partial charge in [-0.2, -0.15) is 18.0 Å². The molecule has 0 radical (unpaired) electrons. The van der Waals surface area contributed by atoms with Gasteiger partial charge in [-0.25, -0.2) is 0 Å². The predicted octanol–water partition coefficient (Wildman–Crippen LogP) is 2.70. The van der Waals surface area contributed by atoms with Gasteiger partial charge in [-0.3, -0.25) is 0 Å². The number of diazo groups is 1. The van der Waals surface area contributed by atoms with Crippen LogP contribution in [0.5, 0.6) is 0 Å². The number of alkyl halides is 3. The maximum atomic E-state index is 12.1. The van der Waals surface area contributed by atoms with Gasteiger partial charge in [-0.05, 0) is 18.2 Å². The molecule has 0 aliphatic rings. The molecule has 0 unspecified atom stereocenters. The van der Waals surface area contributed by atoms with Gasteiger partial charge in [0, 0.05) is 0 Å². The summed E-state index contributed by atoms with van der Waals surface area (Å²) in [5.74, 6) is -1.10. The molecule has 0 saturated heterocycles. The molecule has 1 rings (SSSR count). The van der Waals surface area contributed by atoms with E-state index in [4.69, 9.17) is 5.39 Å². The highest BCUT2D eigenvalue weighted by Crippen LogP contribution is 2.29. The molecule has 0 bridgehead atoms. The second-order valence-electron chi connectivity index (χ2n) is 2.48. The lowest BCUT2D eigenvalue weighted by Crippen LogP contribution is -2.06. The van der Waals surface area contributed by atoms with Crippen LogP contribution in [0.3, 0.4) is 0 Å². The van der Waals surface area contributed by atoms with Crippen molar-refractivity contribution < 1.29 is 18.0 Å². The van der Waals surface area contributed by atoms with Gasteiger partial charge in [-0.15, -0.1) is 0 Å². The Morgan fingerprint density at radius 3 is 2.50 bits per heavy atom. The Balaban J connectivity index is 3.16. The highest BCUT2D eigenvalue weighted by atomic mass is 19.4. The molecule has 0 N–H and O–H groups in total. The fourth-order valence-corrected chi connectivity index (χ4v) is 0.886. The Labute approximate surface area is 76.8 Å². The van der Waals surface area contributed by atoms with Gasteiger partial charge in [0.15, 0.2) is 0 Å². The average molecular weight is 201 g/mol. The van der Waals surface area contributed by atoms with Crippen LogP contribution in [0.25, 0.3) is 4.98 Å². The van der Waals surface area contributed by atoms with Crippen LogP contribution in [0.2, 0.25) is 0 Å². The lowest BCUT2D eigenvalue weighted by molar-refractivity contribution is -0.137. The van der Waals surface area contributed by atoms with E-state index in [1.54, 1.807) is 0 Å². The van der Waals surface area contributed by atoms with Gasteiger partial charge in [0.05, 0.1) is 5.56 Å². The summed E-state index contributed by atoms with van der Waals surface area (Å²) in [7, 11) is 0. The van der Waals surface area contributed by atoms with Crippen LogP contribution in [0.15, 0.2) is 24.3 Å². The number of halogens is 3. The van der Waals surface area contributed by atoms with E-state index in [1.807, 2.05) is 0 Å². The minimum Gasteiger partial charge on any atom is -0.193 e. The fraction of sp³-hybridized carbons (Fsp3) is 0.125. The third-order valence-electron chi connectivity index (χ3n) is 1.53. The van der Waals surface area contributed by atoms with E-state index in [-0.39, 0.29) is 5.56 Å². The first-order valence-corrected chi connectivity index (χ1v) is 3.52. The Bertz CT molecular complexity index is 406. The summed E-state index contributed by atoms with van der Waals surface area (Å²) in [6, 6.07) is 3.66. The molecule has 0 aliphatic heterocycles. The first kappa shape index (κ1) is 10.2. The van der Waals surface area contributed by atoms with Crippen molar-refractivity contribution in [2.24, 2.45) is 0 Å². The van der Waals surface area contributed by atoms with Crippen LogP contribution in [0, 0.1) is 5.39 Å². The van der Waals surface area contributed by atoms with Crippen molar-refractivity contribution in [1.82, 2.24) is 0 Å². The average Bonchev–Trinajstić information content (AvgIpc) is 2.15. The number of rotatable bonds is 1. The Hall–Kier alpha value is -1.90. The Morgan fingerprint density at radius 2 is 2.00 bits per heavy atom. The molecule has 0 spiro atoms. The molecule has 0 aliphatic carbocycles. The van der Waals surface area contributed by atoms with Gasteiger partial charge in [0.25, 0.3) is 0 Å². The molecule has 0 fully saturated rings. The minimum atomic E-state index is -4.51. The number of carbonyl (C=O) groups is 1. The number of hydrogen-bond donors (Lipinski definition) is 0. The van der Waals surface area contributed by atoms with Crippen LogP contribution >= 0.6 is 0 Å². The predicted molar refractivity (Wildman–Crippen MR) is 40.9 cm³/mol. The molecule has 0 saturated carbocycles. The molecule has 6 heteroatoms. The zero-order valence-corrected chi connectivity index (χ0v) is 6.75. The van der Waals surface area contributed by atoms with E-state index in [1.165, 1.54) is 0 Å². The topological polar surface area (TPSA) is 45.2 Å². The van der Waals surface area contributed by atoms with Crippen LogP contribution < -0.4 is 0 Å². The first-order chi connectivity index (χ1) is 6.45. The number of hydrogen-bond acceptors (Lipinski definition) is 2. The SMILES string of the molecule is N#[N+]C(=O)c1cccc(C(F)(F)F)c1. The molecule has 14 heavy (non-hydrogen) atoms. The zero-order valence-electron chi connectivity index (χ0n) is 6.75. The van der Waals surface area contributed by atoms with Gasteiger partial charge in [-0.1, -0.05) is 6.07 Å². The van der Waals surface area contributed by atoms with E-state index in [2.05, 4.69) is 4.98 Å². The maximum absolute atomic E-state index is 12.1. The highest BCUT2D eigenvalue weighted by molar-refractivity contribution is 6.01. The lowest BCUT2D eigenvalue weighted by Gasteiger charge is -2.04. The molecule has 1 amide bonds. The number of amides is 1. The molecule has 1 aromatic carbocycles. The largest absolute Gasteiger partial charge is 0.593 e. The van der Waals surface area contributed by atoms with Gasteiger partial charge >= 0.3 is 12.1 Å². The third-order valence-corrected chi connectivity index (χ3v) is 1.53. The van der Waals surface area contributed by atoms with Crippen LogP contribution in [-0.4, -0.2) is 5.91 Å². The van der Waals surface area contributed by atoms with E-state index in [0.717, 1.165) is 18.2 Å². The highest BCUT2D eigenvalue weighted by Gasteiger charge is 2.32. The minimum absolute atomic E-state index is 0.303. The first-order valence-electron chi connectivity index (χ1n) is 3.52. The van der Waals surface area contributed by atoms with Crippen LogP contribution in [-0.2, 0) is 6.18 Å². The number of benzene rings is 1. The molecular formula is C8H4F3N2O+. The van der Waals surface area contributed by atoms with E-state index in [0.29, 0.717) is 6.07 Å². The number of carbonyl (C=O) groups excluding carboxylic acids is 1. The summed E-state index contributed by atoms with van der Waals surface area (Å²) in [4.78, 5) is 13.0. The Kier molecular flexibility index (Phi) is 2.51. The van der Waals surface area contributed by atoms with Crippen molar-refractivity contribution in [1.29, 1.82) is 5.39 Å². The van der Waals surface area contributed by atoms with Gasteiger partial charge in [0.1, 0.15) is 5.56 Å². The van der Waals surface area contributed by atoms with Crippen LogP contribution in [0.4, 0.5) is 13.2 Å². The fourth-order valence-electron chi connectivity index (χ4n) is 0.886. The summed E-state index contributed by atoms with van der Waals surface area (Å²) >= 11 is 0. The van der Waals surface area contributed by atoms with Crippen molar-refractivity contribution in [2.45, 2.75) is 6.18 Å². The van der Waals surface area contributed by atoms with E-state index in [9.17, 15) is 18.0 Å². The van der Waals surface area contributed by atoms with Gasteiger partial charge in [0.2, 0.25) is 10.4 Å². The normalized spacial score (nSPS) is 10.7. The van der Waals surface area contributed by atoms with Crippen molar-refractivity contribution in [3.05, 3.63) is 40.4 Å². The Morgan fingerprint density at radius 1 is 1.36 bits per heavy atom. The van der Waals surface area contributed by atoms with Crippen LogP contribution in [0.1, 0.15) is 15.9 Å². The van der Waals surface area contributed by atoms with Crippen molar-refractivity contribution in [3.8, 4) is 0 Å². The second kappa shape index (κ2) is 3.46. The van der Waals surface area contributed by atoms with Gasteiger partial charge < -0.3 is 0 Å². The molecular weight excluding hydrogens is 197 g/mol. The van der Waals surface area contributed by atoms with E-state index < -0.39 is 17.6 Å². The summed E-state index contributed by atoms with van der Waals surface area (Å²) in [5, 5.41) is 8.08. The molecule has 3 nitrogen and oxygen atoms in total. The summed E-state index contributed by atoms with van der Waals surface area (Å²) in [6.45, 7) is 0. The standard InChI is InChI=1S/C8H4F3N2O/c9-8(10,11)6-3-1-2-5(4-6)7(14)13-12/h1-4H/q+1. The van der Waals surface area contributed by atoms with Crippen molar-refractivity contribution in [2.75, 3.05) is 0 Å². The zero-order chi connectivity index (χ0) is 10.8. The lowest BCUT2D eigenvalue weighted by atomic mass is 10.1. The van der Waals surface area contributed by atoms with Crippen molar-refractivity contribution >= 4 is 5.91 Å². The smallest absolute Gasteiger partial charge is 0.193 e. The molecule has 0 aromatic heterocycles.